The molecule has 202 valence electrons. The molecule has 5 atom stereocenters. The van der Waals surface area contributed by atoms with E-state index in [-0.39, 0.29) is 38.0 Å². The predicted molar refractivity (Wildman–Crippen MR) is 140 cm³/mol. The van der Waals surface area contributed by atoms with Crippen molar-refractivity contribution in [3.63, 3.8) is 0 Å². The van der Waals surface area contributed by atoms with E-state index < -0.39 is 37.0 Å². The molecule has 0 spiro atoms. The molecule has 14 heteroatoms. The quantitative estimate of drug-likeness (QED) is 0.165. The standard InChI is InChI=1S/C23H29N2O9PS2/c1-30-22-17(24-18(36)10-11-25-19(26)8-9-20(25)27)12-16(21(22)34-35(29,37)31-2)14-33-23(28)32-13-15-6-4-3-5-7-15/h3-9,16-17,21-22H,10-14H2,1-2H3,(H,24,36)(H,29,37)/t16-,17-,21?,22-,35?/m1/s1. The Balaban J connectivity index is 1.60. The summed E-state index contributed by atoms with van der Waals surface area (Å²) >= 11 is 10.5. The molecule has 2 N–H and O–H groups in total. The van der Waals surface area contributed by atoms with E-state index in [4.69, 9.17) is 47.3 Å². The third-order valence-corrected chi connectivity index (χ3v) is 7.92. The normalized spacial score (nSPS) is 24.7. The van der Waals surface area contributed by atoms with Gasteiger partial charge in [-0.15, -0.1) is 0 Å². The molecule has 1 aliphatic carbocycles. The van der Waals surface area contributed by atoms with Crippen LogP contribution < -0.4 is 5.32 Å². The minimum Gasteiger partial charge on any atom is -0.434 e. The van der Waals surface area contributed by atoms with E-state index in [1.54, 1.807) is 0 Å². The van der Waals surface area contributed by atoms with Crippen LogP contribution >= 0.6 is 18.9 Å². The van der Waals surface area contributed by atoms with Crippen LogP contribution in [-0.2, 0) is 51.3 Å². The third-order valence-electron chi connectivity index (χ3n) is 5.92. The van der Waals surface area contributed by atoms with Crippen molar-refractivity contribution in [3.8, 4) is 0 Å². The SMILES string of the molecule is CO[C@H]1C(OP(O)(=S)OC)[C@@H](COC(=O)OCc2ccccc2)C[C@H]1NC(=S)CCN1C(=O)C=CC1=O. The van der Waals surface area contributed by atoms with E-state index in [1.165, 1.54) is 26.4 Å². The number of imide groups is 1. The number of nitrogens with zero attached hydrogens (tertiary/aromatic N) is 1. The van der Waals surface area contributed by atoms with Crippen LogP contribution in [0.2, 0.25) is 0 Å². The van der Waals surface area contributed by atoms with Gasteiger partial charge in [0.15, 0.2) is 0 Å². The summed E-state index contributed by atoms with van der Waals surface area (Å²) in [4.78, 5) is 47.5. The smallest absolute Gasteiger partial charge is 0.434 e. The molecule has 1 heterocycles. The van der Waals surface area contributed by atoms with Crippen LogP contribution in [0.15, 0.2) is 42.5 Å². The van der Waals surface area contributed by atoms with Crippen LogP contribution in [0.5, 0.6) is 0 Å². The molecule has 1 fully saturated rings. The lowest BCUT2D eigenvalue weighted by Crippen LogP contribution is -2.45. The maximum absolute atomic E-state index is 12.2. The Hall–Kier alpha value is -2.25. The lowest BCUT2D eigenvalue weighted by atomic mass is 10.1. The monoisotopic (exact) mass is 572 g/mol. The van der Waals surface area contributed by atoms with Gasteiger partial charge in [0.25, 0.3) is 11.8 Å². The van der Waals surface area contributed by atoms with Gasteiger partial charge in [0.05, 0.1) is 11.0 Å². The first-order chi connectivity index (χ1) is 17.6. The Labute approximate surface area is 225 Å². The zero-order valence-electron chi connectivity index (χ0n) is 20.3. The molecule has 3 rings (SSSR count). The molecule has 1 aliphatic heterocycles. The molecule has 0 bridgehead atoms. The van der Waals surface area contributed by atoms with Gasteiger partial charge in [-0.1, -0.05) is 42.5 Å². The maximum atomic E-state index is 12.2. The molecular formula is C23H29N2O9PS2. The number of methoxy groups -OCH3 is 1. The number of hydrogen-bond acceptors (Lipinski definition) is 10. The van der Waals surface area contributed by atoms with Gasteiger partial charge >= 0.3 is 12.9 Å². The van der Waals surface area contributed by atoms with Crippen molar-refractivity contribution in [2.45, 2.75) is 37.7 Å². The number of hydrogen-bond donors (Lipinski definition) is 2. The van der Waals surface area contributed by atoms with E-state index in [2.05, 4.69) is 5.32 Å². The number of benzene rings is 1. The summed E-state index contributed by atoms with van der Waals surface area (Å²) < 4.78 is 26.8. The second kappa shape index (κ2) is 13.5. The summed E-state index contributed by atoms with van der Waals surface area (Å²) in [7, 11) is 2.71. The van der Waals surface area contributed by atoms with Gasteiger partial charge in [0.2, 0.25) is 0 Å². The van der Waals surface area contributed by atoms with Crippen molar-refractivity contribution in [1.29, 1.82) is 0 Å². The fourth-order valence-corrected chi connectivity index (χ4v) is 5.34. The van der Waals surface area contributed by atoms with Crippen LogP contribution in [0.4, 0.5) is 4.79 Å². The van der Waals surface area contributed by atoms with Crippen LogP contribution in [0, 0.1) is 5.92 Å². The maximum Gasteiger partial charge on any atom is 0.508 e. The molecule has 1 aromatic carbocycles. The summed E-state index contributed by atoms with van der Waals surface area (Å²) in [6.45, 7) is -3.49. The third kappa shape index (κ3) is 8.37. The summed E-state index contributed by atoms with van der Waals surface area (Å²) in [5.74, 6) is -1.21. The first-order valence-corrected chi connectivity index (χ1v) is 14.4. The Morgan fingerprint density at radius 2 is 1.81 bits per heavy atom. The topological polar surface area (TPSA) is 133 Å². The Kier molecular flexibility index (Phi) is 10.7. The highest BCUT2D eigenvalue weighted by Gasteiger charge is 2.47. The second-order valence-corrected chi connectivity index (χ2v) is 11.7. The van der Waals surface area contributed by atoms with Crippen LogP contribution in [0.3, 0.4) is 0 Å². The summed E-state index contributed by atoms with van der Waals surface area (Å²) in [6.07, 6.45) is 0.786. The highest BCUT2D eigenvalue weighted by molar-refractivity contribution is 8.07. The zero-order valence-corrected chi connectivity index (χ0v) is 22.8. The molecule has 2 amide bonds. The number of rotatable bonds is 12. The number of carbonyl (C=O) groups is 3. The van der Waals surface area contributed by atoms with E-state index in [0.29, 0.717) is 11.4 Å². The lowest BCUT2D eigenvalue weighted by molar-refractivity contribution is -0.136. The number of ether oxygens (including phenoxy) is 3. The van der Waals surface area contributed by atoms with Crippen molar-refractivity contribution < 1.29 is 42.5 Å². The summed E-state index contributed by atoms with van der Waals surface area (Å²) in [6, 6.07) is 8.77. The van der Waals surface area contributed by atoms with E-state index >= 15 is 0 Å². The zero-order chi connectivity index (χ0) is 27.0. The minimum absolute atomic E-state index is 0.0576. The molecule has 0 radical (unpaired) electrons. The molecule has 1 saturated carbocycles. The summed E-state index contributed by atoms with van der Waals surface area (Å²) in [5.41, 5.74) is 0.813. The molecule has 0 aromatic heterocycles. The molecule has 0 saturated heterocycles. The van der Waals surface area contributed by atoms with Crippen LogP contribution in [-0.4, -0.2) is 78.4 Å². The van der Waals surface area contributed by atoms with Crippen LogP contribution in [0.25, 0.3) is 0 Å². The van der Waals surface area contributed by atoms with Gasteiger partial charge in [-0.2, -0.15) is 0 Å². The van der Waals surface area contributed by atoms with Gasteiger partial charge in [-0.3, -0.25) is 14.5 Å². The Morgan fingerprint density at radius 1 is 1.14 bits per heavy atom. The first kappa shape index (κ1) is 29.3. The Morgan fingerprint density at radius 3 is 2.43 bits per heavy atom. The van der Waals surface area contributed by atoms with Crippen molar-refractivity contribution in [1.82, 2.24) is 10.2 Å². The number of nitrogens with one attached hydrogen (secondary N) is 1. The lowest BCUT2D eigenvalue weighted by Gasteiger charge is -2.28. The molecule has 2 unspecified atom stereocenters. The van der Waals surface area contributed by atoms with Crippen molar-refractivity contribution in [3.05, 3.63) is 48.0 Å². The molecular weight excluding hydrogens is 543 g/mol. The van der Waals surface area contributed by atoms with Gasteiger partial charge in [0.1, 0.15) is 25.4 Å². The predicted octanol–water partition coefficient (Wildman–Crippen LogP) is 2.22. The molecule has 11 nitrogen and oxygen atoms in total. The number of thiocarbonyl (C=S) groups is 1. The number of carbonyl (C=O) groups excluding carboxylic acids is 3. The Bertz CT molecular complexity index is 1050. The molecule has 2 aliphatic rings. The second-order valence-electron chi connectivity index (χ2n) is 8.34. The highest BCUT2D eigenvalue weighted by atomic mass is 32.5. The highest BCUT2D eigenvalue weighted by Crippen LogP contribution is 2.48. The fraction of sp³-hybridized carbons (Fsp3) is 0.478. The minimum atomic E-state index is -3.58. The van der Waals surface area contributed by atoms with Crippen molar-refractivity contribution in [2.75, 3.05) is 27.4 Å². The van der Waals surface area contributed by atoms with E-state index in [1.807, 2.05) is 30.3 Å². The van der Waals surface area contributed by atoms with E-state index in [0.717, 1.165) is 10.5 Å². The van der Waals surface area contributed by atoms with Crippen molar-refractivity contribution >= 4 is 53.7 Å². The largest absolute Gasteiger partial charge is 0.508 e. The summed E-state index contributed by atoms with van der Waals surface area (Å²) in [5, 5.41) is 3.17. The van der Waals surface area contributed by atoms with Gasteiger partial charge in [-0.05, 0) is 23.8 Å². The molecule has 1 aromatic rings. The van der Waals surface area contributed by atoms with E-state index in [9.17, 15) is 19.3 Å². The first-order valence-electron chi connectivity index (χ1n) is 11.4. The van der Waals surface area contributed by atoms with Gasteiger partial charge in [0, 0.05) is 45.3 Å². The van der Waals surface area contributed by atoms with Crippen LogP contribution in [0.1, 0.15) is 18.4 Å². The average Bonchev–Trinajstić information content (AvgIpc) is 3.37. The van der Waals surface area contributed by atoms with Gasteiger partial charge in [-0.25, -0.2) is 4.79 Å². The number of amides is 2. The molecule has 37 heavy (non-hydrogen) atoms. The van der Waals surface area contributed by atoms with Gasteiger partial charge < -0.3 is 33.5 Å². The fourth-order valence-electron chi connectivity index (χ4n) is 4.11. The van der Waals surface area contributed by atoms with Crippen molar-refractivity contribution in [2.24, 2.45) is 5.92 Å². The average molecular weight is 573 g/mol.